The quantitative estimate of drug-likeness (QED) is 0.805. The summed E-state index contributed by atoms with van der Waals surface area (Å²) in [6.07, 6.45) is 1.70. The summed E-state index contributed by atoms with van der Waals surface area (Å²) in [6, 6.07) is 21.0. The van der Waals surface area contributed by atoms with Crippen LogP contribution in [0.4, 0.5) is 0 Å². The summed E-state index contributed by atoms with van der Waals surface area (Å²) in [6.45, 7) is 0. The molecule has 3 rings (SSSR count). The number of rotatable bonds is 2. The lowest BCUT2D eigenvalue weighted by Gasteiger charge is -2.37. The van der Waals surface area contributed by atoms with E-state index in [1.165, 1.54) is 11.1 Å². The molecule has 0 spiro atoms. The van der Waals surface area contributed by atoms with Crippen molar-refractivity contribution in [3.63, 3.8) is 0 Å². The number of aliphatic hydroxyl groups excluding tert-OH is 1. The Morgan fingerprint density at radius 2 is 1.35 bits per heavy atom. The number of hydrogen-bond acceptors (Lipinski definition) is 1. The molecule has 1 saturated carbocycles. The van der Waals surface area contributed by atoms with Crippen molar-refractivity contribution in [2.24, 2.45) is 0 Å². The Kier molecular flexibility index (Phi) is 4.23. The molecule has 0 heterocycles. The Balaban J connectivity index is 1.87. The number of benzene rings is 2. The molecule has 20 heavy (non-hydrogen) atoms. The molecule has 0 aliphatic heterocycles. The molecule has 2 aromatic rings. The molecule has 1 N–H and O–H groups in total. The Morgan fingerprint density at radius 3 is 1.95 bits per heavy atom. The Labute approximate surface area is 128 Å². The average Bonchev–Trinajstić information content (AvgIpc) is 2.51. The fraction of sp³-hybridized carbons (Fsp3) is 0.333. The van der Waals surface area contributed by atoms with Gasteiger partial charge in [0.05, 0.1) is 6.10 Å². The standard InChI is InChI=1S/C18H19BrO/c19-17-12-15(13-7-3-1-4-8-13)11-16(18(17)20)14-9-5-2-6-10-14/h1-10,15-18,20H,11-12H2. The van der Waals surface area contributed by atoms with Gasteiger partial charge in [0.25, 0.3) is 0 Å². The molecule has 1 fully saturated rings. The van der Waals surface area contributed by atoms with Crippen LogP contribution in [0.1, 0.15) is 35.8 Å². The van der Waals surface area contributed by atoms with Crippen molar-refractivity contribution in [2.45, 2.75) is 35.6 Å². The van der Waals surface area contributed by atoms with E-state index in [1.807, 2.05) is 6.07 Å². The van der Waals surface area contributed by atoms with E-state index in [2.05, 4.69) is 70.5 Å². The second kappa shape index (κ2) is 6.11. The average molecular weight is 331 g/mol. The third-order valence-electron chi connectivity index (χ3n) is 4.33. The minimum atomic E-state index is -0.308. The number of alkyl halides is 1. The number of halogens is 1. The molecular formula is C18H19BrO. The fourth-order valence-electron chi connectivity index (χ4n) is 3.24. The third-order valence-corrected chi connectivity index (χ3v) is 5.25. The first-order valence-electron chi connectivity index (χ1n) is 7.17. The predicted octanol–water partition coefficient (Wildman–Crippen LogP) is 4.47. The first kappa shape index (κ1) is 13.8. The van der Waals surface area contributed by atoms with Crippen molar-refractivity contribution >= 4 is 15.9 Å². The SMILES string of the molecule is OC1C(Br)CC(c2ccccc2)CC1c1ccccc1. The van der Waals surface area contributed by atoms with Gasteiger partial charge in [0.1, 0.15) is 0 Å². The summed E-state index contributed by atoms with van der Waals surface area (Å²) in [4.78, 5) is 0.159. The normalized spacial score (nSPS) is 30.1. The van der Waals surface area contributed by atoms with Gasteiger partial charge in [0.2, 0.25) is 0 Å². The van der Waals surface area contributed by atoms with Crippen LogP contribution in [0.25, 0.3) is 0 Å². The minimum absolute atomic E-state index is 0.159. The lowest BCUT2D eigenvalue weighted by molar-refractivity contribution is 0.107. The van der Waals surface area contributed by atoms with Gasteiger partial charge in [-0.3, -0.25) is 0 Å². The van der Waals surface area contributed by atoms with E-state index in [9.17, 15) is 5.11 Å². The van der Waals surface area contributed by atoms with Crippen LogP contribution in [0.5, 0.6) is 0 Å². The van der Waals surface area contributed by atoms with E-state index >= 15 is 0 Å². The molecule has 0 saturated heterocycles. The highest BCUT2D eigenvalue weighted by Gasteiger charge is 2.36. The zero-order valence-corrected chi connectivity index (χ0v) is 12.9. The number of aliphatic hydroxyl groups is 1. The topological polar surface area (TPSA) is 20.2 Å². The lowest BCUT2D eigenvalue weighted by atomic mass is 9.73. The lowest BCUT2D eigenvalue weighted by Crippen LogP contribution is -2.35. The monoisotopic (exact) mass is 330 g/mol. The van der Waals surface area contributed by atoms with E-state index in [-0.39, 0.29) is 16.8 Å². The molecule has 1 aliphatic rings. The molecule has 0 amide bonds. The summed E-state index contributed by atoms with van der Waals surface area (Å²) >= 11 is 3.68. The van der Waals surface area contributed by atoms with Crippen LogP contribution in [0.3, 0.4) is 0 Å². The van der Waals surface area contributed by atoms with Gasteiger partial charge >= 0.3 is 0 Å². The van der Waals surface area contributed by atoms with Crippen molar-refractivity contribution in [3.8, 4) is 0 Å². The zero-order valence-electron chi connectivity index (χ0n) is 11.3. The van der Waals surface area contributed by atoms with Crippen molar-refractivity contribution in [3.05, 3.63) is 71.8 Å². The van der Waals surface area contributed by atoms with Crippen molar-refractivity contribution in [1.82, 2.24) is 0 Å². The Bertz CT molecular complexity index is 540. The molecule has 1 aliphatic carbocycles. The van der Waals surface area contributed by atoms with Crippen molar-refractivity contribution in [1.29, 1.82) is 0 Å². The van der Waals surface area contributed by atoms with Crippen LogP contribution >= 0.6 is 15.9 Å². The van der Waals surface area contributed by atoms with Crippen molar-refractivity contribution < 1.29 is 5.11 Å². The van der Waals surface area contributed by atoms with Gasteiger partial charge in [-0.15, -0.1) is 0 Å². The molecule has 4 atom stereocenters. The summed E-state index contributed by atoms with van der Waals surface area (Å²) in [5.41, 5.74) is 2.62. The van der Waals surface area contributed by atoms with Crippen LogP contribution in [0.15, 0.2) is 60.7 Å². The first-order chi connectivity index (χ1) is 9.75. The molecular weight excluding hydrogens is 312 g/mol. The molecule has 2 heteroatoms. The maximum absolute atomic E-state index is 10.5. The summed E-state index contributed by atoms with van der Waals surface area (Å²) < 4.78 is 0. The van der Waals surface area contributed by atoms with Gasteiger partial charge in [-0.1, -0.05) is 76.6 Å². The van der Waals surface area contributed by atoms with Crippen LogP contribution in [-0.2, 0) is 0 Å². The molecule has 2 aromatic carbocycles. The van der Waals surface area contributed by atoms with Crippen molar-refractivity contribution in [2.75, 3.05) is 0 Å². The van der Waals surface area contributed by atoms with E-state index in [0.717, 1.165) is 12.8 Å². The van der Waals surface area contributed by atoms with Crippen LogP contribution < -0.4 is 0 Å². The predicted molar refractivity (Wildman–Crippen MR) is 86.3 cm³/mol. The maximum Gasteiger partial charge on any atom is 0.0733 e. The minimum Gasteiger partial charge on any atom is -0.391 e. The zero-order chi connectivity index (χ0) is 13.9. The van der Waals surface area contributed by atoms with Gasteiger partial charge in [-0.2, -0.15) is 0 Å². The Morgan fingerprint density at radius 1 is 0.800 bits per heavy atom. The van der Waals surface area contributed by atoms with Gasteiger partial charge < -0.3 is 5.11 Å². The Hall–Kier alpha value is -1.12. The second-order valence-corrected chi connectivity index (χ2v) is 6.78. The largest absolute Gasteiger partial charge is 0.391 e. The molecule has 1 nitrogen and oxygen atoms in total. The molecule has 104 valence electrons. The van der Waals surface area contributed by atoms with Gasteiger partial charge in [0, 0.05) is 10.7 Å². The molecule has 0 aromatic heterocycles. The van der Waals surface area contributed by atoms with Gasteiger partial charge in [-0.05, 0) is 29.9 Å². The molecule has 4 unspecified atom stereocenters. The second-order valence-electron chi connectivity index (χ2n) is 5.60. The van der Waals surface area contributed by atoms with E-state index in [0.29, 0.717) is 5.92 Å². The maximum atomic E-state index is 10.5. The first-order valence-corrected chi connectivity index (χ1v) is 8.09. The number of hydrogen-bond donors (Lipinski definition) is 1. The van der Waals surface area contributed by atoms with E-state index < -0.39 is 0 Å². The van der Waals surface area contributed by atoms with Crippen LogP contribution in [0.2, 0.25) is 0 Å². The summed E-state index contributed by atoms with van der Waals surface area (Å²) in [5.74, 6) is 0.716. The highest BCUT2D eigenvalue weighted by atomic mass is 79.9. The van der Waals surface area contributed by atoms with Gasteiger partial charge in [0.15, 0.2) is 0 Å². The van der Waals surface area contributed by atoms with Gasteiger partial charge in [-0.25, -0.2) is 0 Å². The molecule has 0 radical (unpaired) electrons. The highest BCUT2D eigenvalue weighted by molar-refractivity contribution is 9.09. The summed E-state index contributed by atoms with van der Waals surface area (Å²) in [7, 11) is 0. The summed E-state index contributed by atoms with van der Waals surface area (Å²) in [5, 5.41) is 10.5. The van der Waals surface area contributed by atoms with E-state index in [4.69, 9.17) is 0 Å². The third kappa shape index (κ3) is 2.82. The fourth-order valence-corrected chi connectivity index (χ4v) is 4.06. The molecule has 0 bridgehead atoms. The smallest absolute Gasteiger partial charge is 0.0733 e. The highest BCUT2D eigenvalue weighted by Crippen LogP contribution is 2.43. The van der Waals surface area contributed by atoms with E-state index in [1.54, 1.807) is 0 Å². The van der Waals surface area contributed by atoms with Crippen LogP contribution in [0, 0.1) is 0 Å². The van der Waals surface area contributed by atoms with Crippen LogP contribution in [-0.4, -0.2) is 16.0 Å².